The molecule has 26 heavy (non-hydrogen) atoms. The van der Waals surface area contributed by atoms with Crippen LogP contribution in [0.3, 0.4) is 0 Å². The minimum Gasteiger partial charge on any atom is -0.493 e. The third-order valence-corrected chi connectivity index (χ3v) is 6.39. The molecule has 0 aliphatic carbocycles. The fourth-order valence-electron chi connectivity index (χ4n) is 2.95. The first-order valence-electron chi connectivity index (χ1n) is 8.96. The molecule has 1 saturated heterocycles. The Bertz CT molecular complexity index is 712. The maximum atomic E-state index is 12.4. The van der Waals surface area contributed by atoms with Crippen molar-refractivity contribution in [3.8, 4) is 11.5 Å². The zero-order valence-corrected chi connectivity index (χ0v) is 16.5. The quantitative estimate of drug-likeness (QED) is 0.679. The first-order valence-corrected chi connectivity index (χ1v) is 10.6. The first-order chi connectivity index (χ1) is 12.4. The summed E-state index contributed by atoms with van der Waals surface area (Å²) >= 11 is 0. The van der Waals surface area contributed by atoms with Crippen LogP contribution in [0.2, 0.25) is 0 Å². The predicted octanol–water partition coefficient (Wildman–Crippen LogP) is 1.52. The van der Waals surface area contributed by atoms with Crippen molar-refractivity contribution in [2.75, 3.05) is 45.6 Å². The molecule has 1 fully saturated rings. The highest BCUT2D eigenvalue weighted by Gasteiger charge is 2.27. The van der Waals surface area contributed by atoms with Gasteiger partial charge < -0.3 is 14.4 Å². The molecule has 1 aliphatic heterocycles. The van der Waals surface area contributed by atoms with E-state index in [4.69, 9.17) is 9.47 Å². The average Bonchev–Trinajstić information content (AvgIpc) is 2.67. The molecule has 0 atom stereocenters. The summed E-state index contributed by atoms with van der Waals surface area (Å²) in [5.74, 6) is 1.50. The maximum absolute atomic E-state index is 12.4. The summed E-state index contributed by atoms with van der Waals surface area (Å²) in [7, 11) is -1.58. The molecule has 0 bridgehead atoms. The van der Waals surface area contributed by atoms with Crippen molar-refractivity contribution in [1.29, 1.82) is 0 Å². The minimum atomic E-state index is -3.17. The highest BCUT2D eigenvalue weighted by Crippen LogP contribution is 2.28. The van der Waals surface area contributed by atoms with Gasteiger partial charge in [-0.2, -0.15) is 4.31 Å². The number of carbonyl (C=O) groups is 1. The summed E-state index contributed by atoms with van der Waals surface area (Å²) in [4.78, 5) is 14.2. The van der Waals surface area contributed by atoms with Crippen LogP contribution in [-0.2, 0) is 21.2 Å². The minimum absolute atomic E-state index is 0.0476. The average molecular weight is 384 g/mol. The fourth-order valence-corrected chi connectivity index (χ4v) is 4.03. The van der Waals surface area contributed by atoms with Crippen LogP contribution in [0.1, 0.15) is 25.8 Å². The normalized spacial score (nSPS) is 15.7. The van der Waals surface area contributed by atoms with Crippen LogP contribution >= 0.6 is 0 Å². The van der Waals surface area contributed by atoms with Gasteiger partial charge >= 0.3 is 0 Å². The molecule has 8 heteroatoms. The molecule has 1 aliphatic rings. The Morgan fingerprint density at radius 1 is 1.12 bits per heavy atom. The van der Waals surface area contributed by atoms with E-state index in [1.807, 2.05) is 25.1 Å². The molecule has 1 aromatic carbocycles. The van der Waals surface area contributed by atoms with Crippen LogP contribution in [-0.4, -0.2) is 69.2 Å². The molecule has 0 unspecified atom stereocenters. The van der Waals surface area contributed by atoms with Crippen LogP contribution in [0.4, 0.5) is 0 Å². The number of benzene rings is 1. The number of methoxy groups -OCH3 is 1. The van der Waals surface area contributed by atoms with E-state index in [0.29, 0.717) is 57.1 Å². The molecular formula is C18H28N2O5S. The number of sulfonamides is 1. The summed E-state index contributed by atoms with van der Waals surface area (Å²) < 4.78 is 36.0. The van der Waals surface area contributed by atoms with Crippen LogP contribution in [0, 0.1) is 0 Å². The molecule has 1 heterocycles. The third-order valence-electron chi connectivity index (χ3n) is 4.50. The van der Waals surface area contributed by atoms with Crippen LogP contribution in [0.5, 0.6) is 11.5 Å². The standard InChI is InChI=1S/C18H28N2O5S/c1-4-25-16-8-6-15(14-17(16)24-3)7-9-18(21)19-10-12-20(13-11-19)26(22,23)5-2/h6,8,14H,4-5,7,9-13H2,1-3H3. The molecule has 146 valence electrons. The Morgan fingerprint density at radius 3 is 2.38 bits per heavy atom. The van der Waals surface area contributed by atoms with Gasteiger partial charge in [-0.3, -0.25) is 4.79 Å². The number of hydrogen-bond donors (Lipinski definition) is 0. The van der Waals surface area contributed by atoms with Gasteiger partial charge in [0.15, 0.2) is 11.5 Å². The number of aryl methyl sites for hydroxylation is 1. The van der Waals surface area contributed by atoms with Crippen molar-refractivity contribution < 1.29 is 22.7 Å². The van der Waals surface area contributed by atoms with Gasteiger partial charge in [-0.05, 0) is 38.0 Å². The summed E-state index contributed by atoms with van der Waals surface area (Å²) in [5.41, 5.74) is 1.01. The second-order valence-corrected chi connectivity index (χ2v) is 8.36. The molecule has 1 aromatic rings. The van der Waals surface area contributed by atoms with Gasteiger partial charge in [0.25, 0.3) is 0 Å². The molecule has 7 nitrogen and oxygen atoms in total. The monoisotopic (exact) mass is 384 g/mol. The fraction of sp³-hybridized carbons (Fsp3) is 0.611. The van der Waals surface area contributed by atoms with E-state index in [9.17, 15) is 13.2 Å². The summed E-state index contributed by atoms with van der Waals surface area (Å²) in [6, 6.07) is 5.69. The Labute approximate surface area is 155 Å². The van der Waals surface area contributed by atoms with E-state index in [1.54, 1.807) is 18.9 Å². The van der Waals surface area contributed by atoms with Gasteiger partial charge in [-0.1, -0.05) is 6.07 Å². The van der Waals surface area contributed by atoms with Gasteiger partial charge in [-0.25, -0.2) is 8.42 Å². The Morgan fingerprint density at radius 2 is 1.81 bits per heavy atom. The van der Waals surface area contributed by atoms with Crippen molar-refractivity contribution >= 4 is 15.9 Å². The lowest BCUT2D eigenvalue weighted by Crippen LogP contribution is -2.50. The lowest BCUT2D eigenvalue weighted by atomic mass is 10.1. The van der Waals surface area contributed by atoms with Gasteiger partial charge in [0.1, 0.15) is 0 Å². The van der Waals surface area contributed by atoms with Gasteiger partial charge in [0.2, 0.25) is 15.9 Å². The van der Waals surface area contributed by atoms with E-state index >= 15 is 0 Å². The third kappa shape index (κ3) is 5.11. The molecule has 0 radical (unpaired) electrons. The van der Waals surface area contributed by atoms with Crippen LogP contribution < -0.4 is 9.47 Å². The number of hydrogen-bond acceptors (Lipinski definition) is 5. The predicted molar refractivity (Wildman–Crippen MR) is 100 cm³/mol. The Kier molecular flexibility index (Phi) is 7.28. The number of carbonyl (C=O) groups excluding carboxylic acids is 1. The summed E-state index contributed by atoms with van der Waals surface area (Å²) in [6.07, 6.45) is 0.993. The van der Waals surface area contributed by atoms with Gasteiger partial charge in [0.05, 0.1) is 19.5 Å². The van der Waals surface area contributed by atoms with E-state index < -0.39 is 10.0 Å². The van der Waals surface area contributed by atoms with Crippen molar-refractivity contribution in [3.63, 3.8) is 0 Å². The molecule has 1 amide bonds. The number of rotatable bonds is 8. The van der Waals surface area contributed by atoms with Crippen LogP contribution in [0.15, 0.2) is 18.2 Å². The zero-order valence-electron chi connectivity index (χ0n) is 15.7. The molecule has 2 rings (SSSR count). The topological polar surface area (TPSA) is 76.2 Å². The van der Waals surface area contributed by atoms with E-state index in [2.05, 4.69) is 0 Å². The maximum Gasteiger partial charge on any atom is 0.222 e. The van der Waals surface area contributed by atoms with Crippen molar-refractivity contribution in [1.82, 2.24) is 9.21 Å². The number of nitrogens with zero attached hydrogens (tertiary/aromatic N) is 2. The smallest absolute Gasteiger partial charge is 0.222 e. The van der Waals surface area contributed by atoms with E-state index in [-0.39, 0.29) is 11.7 Å². The second kappa shape index (κ2) is 9.23. The van der Waals surface area contributed by atoms with E-state index in [0.717, 1.165) is 5.56 Å². The van der Waals surface area contributed by atoms with Gasteiger partial charge in [0, 0.05) is 32.6 Å². The van der Waals surface area contributed by atoms with Crippen molar-refractivity contribution in [3.05, 3.63) is 23.8 Å². The molecule has 0 aromatic heterocycles. The number of ether oxygens (including phenoxy) is 2. The Balaban J connectivity index is 1.88. The summed E-state index contributed by atoms with van der Waals surface area (Å²) in [6.45, 7) is 5.76. The molecule has 0 spiro atoms. The van der Waals surface area contributed by atoms with Gasteiger partial charge in [-0.15, -0.1) is 0 Å². The molecular weight excluding hydrogens is 356 g/mol. The van der Waals surface area contributed by atoms with E-state index in [1.165, 1.54) is 4.31 Å². The summed E-state index contributed by atoms with van der Waals surface area (Å²) in [5, 5.41) is 0. The second-order valence-electron chi connectivity index (χ2n) is 6.10. The zero-order chi connectivity index (χ0) is 19.2. The highest BCUT2D eigenvalue weighted by molar-refractivity contribution is 7.89. The lowest BCUT2D eigenvalue weighted by molar-refractivity contribution is -0.132. The Hall–Kier alpha value is -1.80. The number of piperazine rings is 1. The van der Waals surface area contributed by atoms with Crippen molar-refractivity contribution in [2.45, 2.75) is 26.7 Å². The SMILES string of the molecule is CCOc1ccc(CCC(=O)N2CCN(S(=O)(=O)CC)CC2)cc1OC. The van der Waals surface area contributed by atoms with Crippen molar-refractivity contribution in [2.24, 2.45) is 0 Å². The first kappa shape index (κ1) is 20.5. The molecule has 0 saturated carbocycles. The number of amides is 1. The van der Waals surface area contributed by atoms with Crippen LogP contribution in [0.25, 0.3) is 0 Å². The largest absolute Gasteiger partial charge is 0.493 e. The lowest BCUT2D eigenvalue weighted by Gasteiger charge is -2.33. The highest BCUT2D eigenvalue weighted by atomic mass is 32.2. The molecule has 0 N–H and O–H groups in total.